The number of alkyl halides is 3. The lowest BCUT2D eigenvalue weighted by Crippen LogP contribution is -2.57. The Morgan fingerprint density at radius 2 is 1.75 bits per heavy atom. The van der Waals surface area contributed by atoms with E-state index in [4.69, 9.17) is 14.2 Å². The van der Waals surface area contributed by atoms with E-state index in [9.17, 15) is 52.8 Å². The number of fused-ring (bicyclic) bond motifs is 3. The number of carbonyl (C=O) groups excluding carboxylic acids is 4. The lowest BCUT2D eigenvalue weighted by Gasteiger charge is -2.42. The molecule has 1 saturated heterocycles. The van der Waals surface area contributed by atoms with Crippen LogP contribution in [0.3, 0.4) is 0 Å². The van der Waals surface area contributed by atoms with Crippen LogP contribution in [0.4, 0.5) is 13.2 Å². The van der Waals surface area contributed by atoms with E-state index >= 15 is 0 Å². The summed E-state index contributed by atoms with van der Waals surface area (Å²) in [4.78, 5) is 51.4. The summed E-state index contributed by atoms with van der Waals surface area (Å²) in [6.45, 7) is 2.37. The topological polar surface area (TPSA) is 189 Å². The van der Waals surface area contributed by atoms with E-state index in [-0.39, 0.29) is 28.0 Å². The highest BCUT2D eigenvalue weighted by Gasteiger charge is 2.50. The van der Waals surface area contributed by atoms with E-state index in [0.717, 1.165) is 6.92 Å². The third kappa shape index (κ3) is 4.99. The molecule has 4 unspecified atom stereocenters. The molecule has 44 heavy (non-hydrogen) atoms. The molecule has 1 fully saturated rings. The average Bonchev–Trinajstić information content (AvgIpc) is 2.94. The van der Waals surface area contributed by atoms with Gasteiger partial charge in [-0.1, -0.05) is 12.1 Å². The Labute approximate surface area is 247 Å². The van der Waals surface area contributed by atoms with Crippen molar-refractivity contribution in [1.29, 1.82) is 0 Å². The Morgan fingerprint density at radius 3 is 2.36 bits per heavy atom. The van der Waals surface area contributed by atoms with Crippen LogP contribution in [-0.4, -0.2) is 87.1 Å². The number of ketones is 3. The quantitative estimate of drug-likeness (QED) is 0.261. The number of aromatic hydroxyl groups is 2. The minimum Gasteiger partial charge on any atom is -0.507 e. The fourth-order valence-electron chi connectivity index (χ4n) is 6.02. The first-order valence-corrected chi connectivity index (χ1v) is 13.5. The number of hydrogen-bond acceptors (Lipinski definition) is 11. The molecule has 2 aromatic carbocycles. The Bertz CT molecular complexity index is 1590. The van der Waals surface area contributed by atoms with Crippen LogP contribution in [0.5, 0.6) is 17.2 Å². The maximum absolute atomic E-state index is 13.7. The minimum atomic E-state index is -5.24. The summed E-state index contributed by atoms with van der Waals surface area (Å²) >= 11 is 0. The third-order valence-electron chi connectivity index (χ3n) is 8.33. The number of carbonyl (C=O) groups is 4. The second-order valence-corrected chi connectivity index (χ2v) is 11.0. The van der Waals surface area contributed by atoms with Crippen LogP contribution in [-0.2, 0) is 25.5 Å². The molecule has 15 heteroatoms. The Hall–Kier alpha value is -4.05. The SMILES string of the molecule is COc1cccc2c1C(=O)c1c(O)c3c(c(O)c1C2=O)C[C@@](O)(C(C)=O)C[C@@H]3OC1CC(NC(=O)C(F)(F)F)C(O)C(C)O1. The van der Waals surface area contributed by atoms with Crippen LogP contribution in [0.15, 0.2) is 18.2 Å². The van der Waals surface area contributed by atoms with Crippen molar-refractivity contribution in [2.45, 2.75) is 75.5 Å². The summed E-state index contributed by atoms with van der Waals surface area (Å²) in [6, 6.07) is 2.71. The number of halogens is 3. The molecule has 5 N–H and O–H groups in total. The van der Waals surface area contributed by atoms with E-state index in [1.165, 1.54) is 32.2 Å². The van der Waals surface area contributed by atoms with Gasteiger partial charge in [0, 0.05) is 36.0 Å². The van der Waals surface area contributed by atoms with Gasteiger partial charge in [0.05, 0.1) is 42.0 Å². The molecule has 12 nitrogen and oxygen atoms in total. The maximum Gasteiger partial charge on any atom is 0.471 e. The van der Waals surface area contributed by atoms with Crippen molar-refractivity contribution in [1.82, 2.24) is 5.32 Å². The molecule has 1 heterocycles. The number of aliphatic hydroxyl groups is 2. The van der Waals surface area contributed by atoms with E-state index in [0.29, 0.717) is 0 Å². The number of hydrogen-bond donors (Lipinski definition) is 5. The first-order valence-electron chi connectivity index (χ1n) is 13.5. The third-order valence-corrected chi connectivity index (χ3v) is 8.33. The van der Waals surface area contributed by atoms with Gasteiger partial charge in [-0.2, -0.15) is 13.2 Å². The molecule has 0 bridgehead atoms. The minimum absolute atomic E-state index is 0.0250. The van der Waals surface area contributed by atoms with Crippen LogP contribution in [0.1, 0.15) is 75.8 Å². The van der Waals surface area contributed by atoms with Crippen LogP contribution in [0.25, 0.3) is 0 Å². The van der Waals surface area contributed by atoms with Gasteiger partial charge >= 0.3 is 12.1 Å². The van der Waals surface area contributed by atoms with Gasteiger partial charge in [-0.05, 0) is 19.9 Å². The molecular formula is C29H28F3NO11. The number of aliphatic hydroxyl groups excluding tert-OH is 1. The van der Waals surface area contributed by atoms with Crippen LogP contribution < -0.4 is 10.1 Å². The maximum atomic E-state index is 13.7. The van der Waals surface area contributed by atoms with E-state index < -0.39 is 108 Å². The number of phenolic OH excluding ortho intramolecular Hbond substituents is 2. The fraction of sp³-hybridized carbons (Fsp3) is 0.448. The van der Waals surface area contributed by atoms with E-state index in [2.05, 4.69) is 0 Å². The molecule has 6 atom stereocenters. The zero-order valence-electron chi connectivity index (χ0n) is 23.5. The normalized spacial score (nSPS) is 28.0. The number of amides is 1. The molecule has 236 valence electrons. The number of phenols is 2. The Kier molecular flexibility index (Phi) is 7.73. The average molecular weight is 624 g/mol. The summed E-state index contributed by atoms with van der Waals surface area (Å²) < 4.78 is 55.5. The lowest BCUT2D eigenvalue weighted by molar-refractivity contribution is -0.250. The molecule has 0 saturated carbocycles. The summed E-state index contributed by atoms with van der Waals surface area (Å²) in [6.07, 6.45) is -12.7. The number of Topliss-reactive ketones (excluding diaryl/α,β-unsaturated/α-hetero) is 1. The number of rotatable bonds is 5. The zero-order chi connectivity index (χ0) is 32.5. The zero-order valence-corrected chi connectivity index (χ0v) is 23.5. The Morgan fingerprint density at radius 1 is 1.09 bits per heavy atom. The first-order chi connectivity index (χ1) is 20.5. The molecular weight excluding hydrogens is 595 g/mol. The van der Waals surface area contributed by atoms with Gasteiger partial charge in [0.2, 0.25) is 5.78 Å². The molecule has 1 aliphatic heterocycles. The van der Waals surface area contributed by atoms with Crippen molar-refractivity contribution < 1.29 is 67.0 Å². The van der Waals surface area contributed by atoms with Gasteiger partial charge in [0.25, 0.3) is 0 Å². The second-order valence-electron chi connectivity index (χ2n) is 11.0. The highest BCUT2D eigenvalue weighted by atomic mass is 19.4. The van der Waals surface area contributed by atoms with Crippen LogP contribution in [0, 0.1) is 0 Å². The molecule has 2 aromatic rings. The lowest BCUT2D eigenvalue weighted by atomic mass is 9.72. The molecule has 3 aliphatic rings. The number of ether oxygens (including phenoxy) is 3. The largest absolute Gasteiger partial charge is 0.507 e. The van der Waals surface area contributed by atoms with E-state index in [1.54, 1.807) is 5.32 Å². The van der Waals surface area contributed by atoms with Crippen molar-refractivity contribution in [3.8, 4) is 17.2 Å². The van der Waals surface area contributed by atoms with E-state index in [1.807, 2.05) is 0 Å². The molecule has 2 aliphatic carbocycles. The molecule has 5 rings (SSSR count). The second kappa shape index (κ2) is 10.8. The van der Waals surface area contributed by atoms with Gasteiger partial charge in [-0.25, -0.2) is 0 Å². The molecule has 0 spiro atoms. The smallest absolute Gasteiger partial charge is 0.471 e. The highest BCUT2D eigenvalue weighted by Crippen LogP contribution is 2.52. The van der Waals surface area contributed by atoms with Crippen molar-refractivity contribution in [2.75, 3.05) is 7.11 Å². The molecule has 0 aromatic heterocycles. The van der Waals surface area contributed by atoms with Crippen molar-refractivity contribution >= 4 is 23.3 Å². The van der Waals surface area contributed by atoms with Crippen LogP contribution >= 0.6 is 0 Å². The monoisotopic (exact) mass is 623 g/mol. The summed E-state index contributed by atoms with van der Waals surface area (Å²) in [5.74, 6) is -6.32. The molecule has 0 radical (unpaired) electrons. The Balaban J connectivity index is 1.60. The van der Waals surface area contributed by atoms with Gasteiger partial charge in [-0.3, -0.25) is 19.2 Å². The first kappa shape index (κ1) is 31.4. The summed E-state index contributed by atoms with van der Waals surface area (Å²) in [7, 11) is 1.27. The molecule has 1 amide bonds. The predicted molar refractivity (Wildman–Crippen MR) is 140 cm³/mol. The highest BCUT2D eigenvalue weighted by molar-refractivity contribution is 6.31. The summed E-state index contributed by atoms with van der Waals surface area (Å²) in [5, 5.41) is 46.2. The standard InChI is InChI=1S/C29H28F3NO11/c1-10-22(35)14(33-27(40)29(30,31)32)7-17(43-10)44-16-9-28(41,11(2)34)8-13-19(16)26(39)21-20(24(13)37)23(36)12-5-4-6-15(42-3)18(12)25(21)38/h4-6,10,14,16-17,22,35,37,39,41H,7-9H2,1-3H3,(H,33,40)/t10?,14?,16-,17?,22?,28-/m0/s1. The van der Waals surface area contributed by atoms with Crippen molar-refractivity contribution in [3.05, 3.63) is 51.6 Å². The van der Waals surface area contributed by atoms with Gasteiger partial charge in [0.15, 0.2) is 17.9 Å². The number of methoxy groups -OCH3 is 1. The predicted octanol–water partition coefficient (Wildman–Crippen LogP) is 1.75. The number of benzene rings is 2. The fourth-order valence-corrected chi connectivity index (χ4v) is 6.02. The summed E-state index contributed by atoms with van der Waals surface area (Å²) in [5.41, 5.74) is -4.15. The van der Waals surface area contributed by atoms with Crippen molar-refractivity contribution in [3.63, 3.8) is 0 Å². The van der Waals surface area contributed by atoms with Gasteiger partial charge in [0.1, 0.15) is 29.0 Å². The van der Waals surface area contributed by atoms with Crippen LogP contribution in [0.2, 0.25) is 0 Å². The number of nitrogens with one attached hydrogen (secondary N) is 1. The van der Waals surface area contributed by atoms with Gasteiger partial charge < -0.3 is 40.0 Å². The van der Waals surface area contributed by atoms with Gasteiger partial charge in [-0.15, -0.1) is 0 Å². The van der Waals surface area contributed by atoms with Crippen molar-refractivity contribution in [2.24, 2.45) is 0 Å².